The van der Waals surface area contributed by atoms with E-state index in [9.17, 15) is 4.39 Å². The summed E-state index contributed by atoms with van der Waals surface area (Å²) in [6.45, 7) is 0. The number of benzene rings is 1. The van der Waals surface area contributed by atoms with Gasteiger partial charge in [-0.25, -0.2) is 14.4 Å². The highest BCUT2D eigenvalue weighted by atomic mass is 35.5. The lowest BCUT2D eigenvalue weighted by Crippen LogP contribution is -2.00. The number of rotatable bonds is 1. The molecule has 0 aliphatic carbocycles. The lowest BCUT2D eigenvalue weighted by Gasteiger charge is -2.04. The van der Waals surface area contributed by atoms with Crippen molar-refractivity contribution in [3.8, 4) is 17.5 Å². The molecule has 0 bridgehead atoms. The number of hydrogen-bond donors (Lipinski definition) is 1. The molecule has 17 heavy (non-hydrogen) atoms. The molecule has 2 rings (SSSR count). The highest BCUT2D eigenvalue weighted by molar-refractivity contribution is 6.30. The SMILES string of the molecule is N#Cc1cnc(-c2cc(Cl)ccc2F)nc1N. The van der Waals surface area contributed by atoms with Gasteiger partial charge in [0.2, 0.25) is 0 Å². The van der Waals surface area contributed by atoms with Crippen molar-refractivity contribution in [2.75, 3.05) is 5.73 Å². The van der Waals surface area contributed by atoms with Gasteiger partial charge in [-0.1, -0.05) is 11.6 Å². The first-order valence-electron chi connectivity index (χ1n) is 4.60. The number of anilines is 1. The smallest absolute Gasteiger partial charge is 0.164 e. The third kappa shape index (κ3) is 2.17. The fourth-order valence-electron chi connectivity index (χ4n) is 1.28. The zero-order valence-corrected chi connectivity index (χ0v) is 9.24. The van der Waals surface area contributed by atoms with Crippen LogP contribution in [0, 0.1) is 17.1 Å². The third-order valence-electron chi connectivity index (χ3n) is 2.11. The van der Waals surface area contributed by atoms with Crippen molar-refractivity contribution in [3.63, 3.8) is 0 Å². The van der Waals surface area contributed by atoms with Gasteiger partial charge >= 0.3 is 0 Å². The predicted molar refractivity (Wildman–Crippen MR) is 61.6 cm³/mol. The van der Waals surface area contributed by atoms with Crippen LogP contribution in [0.5, 0.6) is 0 Å². The molecule has 0 saturated carbocycles. The van der Waals surface area contributed by atoms with Gasteiger partial charge < -0.3 is 5.73 Å². The zero-order valence-electron chi connectivity index (χ0n) is 8.48. The van der Waals surface area contributed by atoms with Crippen LogP contribution in [0.3, 0.4) is 0 Å². The lowest BCUT2D eigenvalue weighted by atomic mass is 10.2. The molecule has 1 aromatic heterocycles. The lowest BCUT2D eigenvalue weighted by molar-refractivity contribution is 0.630. The maximum Gasteiger partial charge on any atom is 0.164 e. The Morgan fingerprint density at radius 1 is 1.41 bits per heavy atom. The van der Waals surface area contributed by atoms with E-state index in [1.54, 1.807) is 0 Å². The van der Waals surface area contributed by atoms with E-state index in [4.69, 9.17) is 22.6 Å². The molecule has 0 fully saturated rings. The van der Waals surface area contributed by atoms with E-state index in [1.807, 2.05) is 6.07 Å². The normalized spacial score (nSPS) is 9.94. The van der Waals surface area contributed by atoms with Gasteiger partial charge in [-0.2, -0.15) is 5.26 Å². The second-order valence-electron chi connectivity index (χ2n) is 3.23. The number of nitrogen functional groups attached to an aromatic ring is 1. The molecule has 6 heteroatoms. The Balaban J connectivity index is 2.58. The number of aromatic nitrogens is 2. The Bertz CT molecular complexity index is 621. The molecule has 0 radical (unpaired) electrons. The summed E-state index contributed by atoms with van der Waals surface area (Å²) in [5.74, 6) is -0.392. The molecule has 0 aliphatic heterocycles. The second kappa shape index (κ2) is 4.36. The maximum absolute atomic E-state index is 13.5. The molecule has 84 valence electrons. The highest BCUT2D eigenvalue weighted by Crippen LogP contribution is 2.24. The van der Waals surface area contributed by atoms with E-state index in [-0.39, 0.29) is 22.8 Å². The molecule has 1 heterocycles. The van der Waals surface area contributed by atoms with Gasteiger partial charge in [0.05, 0.1) is 11.8 Å². The van der Waals surface area contributed by atoms with Crippen molar-refractivity contribution in [2.45, 2.75) is 0 Å². The number of nitrogens with zero attached hydrogens (tertiary/aromatic N) is 3. The monoisotopic (exact) mass is 248 g/mol. The van der Waals surface area contributed by atoms with Crippen LogP contribution >= 0.6 is 11.6 Å². The summed E-state index contributed by atoms with van der Waals surface area (Å²) < 4.78 is 13.5. The van der Waals surface area contributed by atoms with Crippen molar-refractivity contribution in [1.29, 1.82) is 5.26 Å². The van der Waals surface area contributed by atoms with Gasteiger partial charge in [0.15, 0.2) is 5.82 Å². The molecule has 2 N–H and O–H groups in total. The fraction of sp³-hybridized carbons (Fsp3) is 0. The standard InChI is InChI=1S/C11H6ClFN4/c12-7-1-2-9(13)8(3-7)11-16-5-6(4-14)10(15)17-11/h1-3,5H,(H2,15,16,17). The first-order valence-corrected chi connectivity index (χ1v) is 4.97. The van der Waals surface area contributed by atoms with E-state index >= 15 is 0 Å². The summed E-state index contributed by atoms with van der Waals surface area (Å²) >= 11 is 5.76. The quantitative estimate of drug-likeness (QED) is 0.841. The molecule has 4 nitrogen and oxygen atoms in total. The summed E-state index contributed by atoms with van der Waals surface area (Å²) in [7, 11) is 0. The van der Waals surface area contributed by atoms with Gasteiger partial charge in [0.25, 0.3) is 0 Å². The van der Waals surface area contributed by atoms with Crippen LogP contribution in [0.15, 0.2) is 24.4 Å². The van der Waals surface area contributed by atoms with Crippen molar-refractivity contribution >= 4 is 17.4 Å². The van der Waals surface area contributed by atoms with Gasteiger partial charge in [0, 0.05) is 5.02 Å². The van der Waals surface area contributed by atoms with E-state index in [1.165, 1.54) is 24.4 Å². The summed E-state index contributed by atoms with van der Waals surface area (Å²) in [5.41, 5.74) is 5.82. The minimum Gasteiger partial charge on any atom is -0.382 e. The highest BCUT2D eigenvalue weighted by Gasteiger charge is 2.10. The van der Waals surface area contributed by atoms with E-state index in [2.05, 4.69) is 9.97 Å². The molecule has 2 aromatic rings. The maximum atomic E-state index is 13.5. The Morgan fingerprint density at radius 2 is 2.18 bits per heavy atom. The average molecular weight is 249 g/mol. The first-order chi connectivity index (χ1) is 8.11. The summed E-state index contributed by atoms with van der Waals surface area (Å²) in [4.78, 5) is 7.73. The molecule has 0 amide bonds. The molecular formula is C11H6ClFN4. The fourth-order valence-corrected chi connectivity index (χ4v) is 1.45. The summed E-state index contributed by atoms with van der Waals surface area (Å²) in [5, 5.41) is 9.04. The minimum absolute atomic E-state index is 0.0110. The van der Waals surface area contributed by atoms with Gasteiger partial charge in [-0.3, -0.25) is 0 Å². The predicted octanol–water partition coefficient (Wildman–Crippen LogP) is 2.39. The van der Waals surface area contributed by atoms with Crippen LogP contribution < -0.4 is 5.73 Å². The van der Waals surface area contributed by atoms with Crippen LogP contribution in [-0.2, 0) is 0 Å². The van der Waals surface area contributed by atoms with E-state index in [0.29, 0.717) is 5.02 Å². The Labute approximate surface area is 101 Å². The number of halogens is 2. The molecular weight excluding hydrogens is 243 g/mol. The van der Waals surface area contributed by atoms with Crippen LogP contribution in [-0.4, -0.2) is 9.97 Å². The van der Waals surface area contributed by atoms with Crippen LogP contribution in [0.4, 0.5) is 10.2 Å². The minimum atomic E-state index is -0.501. The van der Waals surface area contributed by atoms with Crippen LogP contribution in [0.1, 0.15) is 5.56 Å². The Kier molecular flexibility index (Phi) is 2.90. The largest absolute Gasteiger partial charge is 0.382 e. The molecule has 0 spiro atoms. The van der Waals surface area contributed by atoms with Crippen molar-refractivity contribution < 1.29 is 4.39 Å². The number of nitrogens with two attached hydrogens (primary N) is 1. The number of hydrogen-bond acceptors (Lipinski definition) is 4. The van der Waals surface area contributed by atoms with Gasteiger partial charge in [0.1, 0.15) is 23.3 Å². The van der Waals surface area contributed by atoms with Gasteiger partial charge in [-0.05, 0) is 18.2 Å². The van der Waals surface area contributed by atoms with Crippen molar-refractivity contribution in [1.82, 2.24) is 9.97 Å². The van der Waals surface area contributed by atoms with Crippen LogP contribution in [0.2, 0.25) is 5.02 Å². The molecule has 0 saturated heterocycles. The second-order valence-corrected chi connectivity index (χ2v) is 3.66. The summed E-state index contributed by atoms with van der Waals surface area (Å²) in [6, 6.07) is 5.87. The number of nitriles is 1. The molecule has 1 aromatic carbocycles. The third-order valence-corrected chi connectivity index (χ3v) is 2.34. The Hall–Kier alpha value is -2.19. The molecule has 0 atom stereocenters. The van der Waals surface area contributed by atoms with Crippen molar-refractivity contribution in [2.24, 2.45) is 0 Å². The van der Waals surface area contributed by atoms with E-state index < -0.39 is 5.82 Å². The van der Waals surface area contributed by atoms with Crippen LogP contribution in [0.25, 0.3) is 11.4 Å². The summed E-state index contributed by atoms with van der Waals surface area (Å²) in [6.07, 6.45) is 1.25. The average Bonchev–Trinajstić information content (AvgIpc) is 2.32. The first kappa shape index (κ1) is 11.3. The Morgan fingerprint density at radius 3 is 2.82 bits per heavy atom. The van der Waals surface area contributed by atoms with Gasteiger partial charge in [-0.15, -0.1) is 0 Å². The van der Waals surface area contributed by atoms with E-state index in [0.717, 1.165) is 0 Å². The molecule has 0 aliphatic rings. The zero-order chi connectivity index (χ0) is 12.4. The van der Waals surface area contributed by atoms with Crippen molar-refractivity contribution in [3.05, 3.63) is 40.8 Å². The molecule has 0 unspecified atom stereocenters. The topological polar surface area (TPSA) is 75.6 Å².